The van der Waals surface area contributed by atoms with Crippen LogP contribution in [0.15, 0.2) is 72.9 Å². The topological polar surface area (TPSA) is 80.8 Å². The highest BCUT2D eigenvalue weighted by atomic mass is 32.2. The molecule has 206 valence electrons. The summed E-state index contributed by atoms with van der Waals surface area (Å²) < 4.78 is 25.4. The predicted octanol–water partition coefficient (Wildman–Crippen LogP) is 6.09. The van der Waals surface area contributed by atoms with E-state index in [-0.39, 0.29) is 5.91 Å². The van der Waals surface area contributed by atoms with Gasteiger partial charge in [-0.2, -0.15) is 0 Å². The molecule has 2 heterocycles. The summed E-state index contributed by atoms with van der Waals surface area (Å²) in [6, 6.07) is 19.0. The van der Waals surface area contributed by atoms with E-state index in [1.165, 1.54) is 12.5 Å². The van der Waals surface area contributed by atoms with Gasteiger partial charge in [0.25, 0.3) is 5.91 Å². The Morgan fingerprint density at radius 3 is 2.13 bits per heavy atom. The van der Waals surface area contributed by atoms with Gasteiger partial charge in [-0.3, -0.25) is 9.52 Å². The molecular weight excluding hydrogens is 498 g/mol. The molecule has 1 amide bonds. The zero-order valence-corrected chi connectivity index (χ0v) is 24.6. The number of carbonyl (C=O) groups is 1. The van der Waals surface area contributed by atoms with E-state index in [1.54, 1.807) is 37.6 Å². The summed E-state index contributed by atoms with van der Waals surface area (Å²) in [5.74, 6) is 0.915. The van der Waals surface area contributed by atoms with E-state index in [0.29, 0.717) is 23.1 Å². The third kappa shape index (κ3) is 10.9. The van der Waals surface area contributed by atoms with Crippen molar-refractivity contribution in [1.82, 2.24) is 14.6 Å². The molecule has 1 aromatic heterocycles. The summed E-state index contributed by atoms with van der Waals surface area (Å²) in [6.45, 7) is 8.64. The zero-order chi connectivity index (χ0) is 28.5. The van der Waals surface area contributed by atoms with Gasteiger partial charge in [0.2, 0.25) is 5.88 Å². The number of nitrogens with one attached hydrogen (secondary N) is 1. The third-order valence-corrected chi connectivity index (χ3v) is 5.54. The number of rotatable bonds is 6. The molecule has 0 bridgehead atoms. The summed E-state index contributed by atoms with van der Waals surface area (Å²) >= 11 is 0. The number of ether oxygens (including phenoxy) is 2. The van der Waals surface area contributed by atoms with E-state index in [1.807, 2.05) is 76.3 Å². The van der Waals surface area contributed by atoms with Gasteiger partial charge in [-0.25, -0.2) is 9.19 Å². The number of carbonyl (C=O) groups excluding carboxylic acids is 1. The van der Waals surface area contributed by atoms with E-state index >= 15 is 0 Å². The highest BCUT2D eigenvalue weighted by Crippen LogP contribution is 2.28. The Bertz CT molecular complexity index is 1180. The fraction of sp³-hybridized carbons (Fsp3) is 0.333. The van der Waals surface area contributed by atoms with Crippen LogP contribution in [0.25, 0.3) is 16.0 Å². The Balaban J connectivity index is 0.000000708. The first kappa shape index (κ1) is 32.5. The second-order valence-electron chi connectivity index (χ2n) is 8.37. The van der Waals surface area contributed by atoms with Gasteiger partial charge < -0.3 is 14.4 Å². The number of benzene rings is 2. The minimum absolute atomic E-state index is 0.344. The second kappa shape index (κ2) is 17.9. The largest absolute Gasteiger partial charge is 0.489 e. The molecule has 1 aliphatic heterocycles. The van der Waals surface area contributed by atoms with Gasteiger partial charge in [0.1, 0.15) is 12.4 Å². The summed E-state index contributed by atoms with van der Waals surface area (Å²) in [7, 11) is 6.10. The molecule has 0 saturated carbocycles. The summed E-state index contributed by atoms with van der Waals surface area (Å²) in [5.41, 5.74) is 3.65. The molecule has 1 N–H and O–H groups in total. The van der Waals surface area contributed by atoms with Crippen LogP contribution < -0.4 is 14.2 Å². The van der Waals surface area contributed by atoms with Gasteiger partial charge >= 0.3 is 0 Å². The lowest BCUT2D eigenvalue weighted by Crippen LogP contribution is -2.16. The first-order chi connectivity index (χ1) is 18.3. The van der Waals surface area contributed by atoms with Crippen molar-refractivity contribution in [1.29, 1.82) is 0 Å². The SMILES string of the molecule is CC.CCC.CN(C)C.COc1ncccc1-c1cccc(COc2ccc(C3=CC(=O)NS3=O)cc2)c1. The van der Waals surface area contributed by atoms with Gasteiger partial charge in [0.05, 0.1) is 12.0 Å². The summed E-state index contributed by atoms with van der Waals surface area (Å²) in [5, 5.41) is 0. The quantitative estimate of drug-likeness (QED) is 0.408. The van der Waals surface area contributed by atoms with E-state index in [4.69, 9.17) is 9.47 Å². The first-order valence-corrected chi connectivity index (χ1v) is 13.8. The molecule has 0 aliphatic carbocycles. The monoisotopic (exact) mass is 539 g/mol. The number of amides is 1. The van der Waals surface area contributed by atoms with Gasteiger partial charge in [0.15, 0.2) is 11.0 Å². The Morgan fingerprint density at radius 2 is 1.58 bits per heavy atom. The summed E-state index contributed by atoms with van der Waals surface area (Å²) in [4.78, 5) is 18.0. The Kier molecular flexibility index (Phi) is 15.3. The molecule has 3 aromatic rings. The average Bonchev–Trinajstić information content (AvgIpc) is 3.26. The van der Waals surface area contributed by atoms with Crippen molar-refractivity contribution in [2.24, 2.45) is 0 Å². The fourth-order valence-corrected chi connectivity index (χ4v) is 3.94. The van der Waals surface area contributed by atoms with Crippen molar-refractivity contribution in [3.63, 3.8) is 0 Å². The standard InChI is InChI=1S/C22H18N2O4S.C3H9N.C3H8.C2H6/c1-27-22-19(6-3-11-23-22)17-5-2-4-15(12-17)14-28-18-9-7-16(8-10-18)20-13-21(25)24-29(20)26;1-4(2)3;1-3-2;1-2/h2-13H,14H2,1H3,(H,24,25);1-3H3;3H2,1-2H3;1-2H3. The van der Waals surface area contributed by atoms with E-state index in [9.17, 15) is 9.00 Å². The Labute approximate surface area is 230 Å². The molecule has 1 aliphatic rings. The number of nitrogens with zero attached hydrogens (tertiary/aromatic N) is 2. The number of methoxy groups -OCH3 is 1. The molecule has 1 atom stereocenters. The van der Waals surface area contributed by atoms with Crippen LogP contribution in [0.2, 0.25) is 0 Å². The molecule has 0 radical (unpaired) electrons. The molecule has 4 rings (SSSR count). The lowest BCUT2D eigenvalue weighted by atomic mass is 10.0. The molecule has 2 aromatic carbocycles. The van der Waals surface area contributed by atoms with Crippen LogP contribution in [-0.4, -0.2) is 48.3 Å². The van der Waals surface area contributed by atoms with Crippen LogP contribution in [0, 0.1) is 0 Å². The highest BCUT2D eigenvalue weighted by molar-refractivity contribution is 7.93. The lowest BCUT2D eigenvalue weighted by molar-refractivity contribution is -0.114. The normalized spacial score (nSPS) is 13.4. The fourth-order valence-electron chi connectivity index (χ4n) is 3.02. The number of hydrogen-bond acceptors (Lipinski definition) is 6. The summed E-state index contributed by atoms with van der Waals surface area (Å²) in [6.07, 6.45) is 4.30. The van der Waals surface area contributed by atoms with Gasteiger partial charge in [-0.1, -0.05) is 64.4 Å². The molecule has 7 nitrogen and oxygen atoms in total. The van der Waals surface area contributed by atoms with E-state index in [2.05, 4.69) is 23.6 Å². The lowest BCUT2D eigenvalue weighted by Gasteiger charge is -2.10. The maximum absolute atomic E-state index is 11.8. The molecule has 8 heteroatoms. The molecule has 0 fully saturated rings. The predicted molar refractivity (Wildman–Crippen MR) is 158 cm³/mol. The van der Waals surface area contributed by atoms with Crippen LogP contribution >= 0.6 is 0 Å². The van der Waals surface area contributed by atoms with Crippen LogP contribution in [0.4, 0.5) is 0 Å². The van der Waals surface area contributed by atoms with Crippen molar-refractivity contribution in [3.05, 3.63) is 84.1 Å². The second-order valence-corrected chi connectivity index (χ2v) is 9.55. The number of hydrogen-bond donors (Lipinski definition) is 1. The smallest absolute Gasteiger partial charge is 0.257 e. The van der Waals surface area contributed by atoms with Crippen LogP contribution in [0.5, 0.6) is 11.6 Å². The molecule has 1 unspecified atom stereocenters. The van der Waals surface area contributed by atoms with Gasteiger partial charge in [-0.15, -0.1) is 0 Å². The maximum atomic E-state index is 11.8. The zero-order valence-electron chi connectivity index (χ0n) is 23.8. The van der Waals surface area contributed by atoms with Crippen LogP contribution in [0.1, 0.15) is 45.2 Å². The van der Waals surface area contributed by atoms with Gasteiger partial charge in [-0.05, 0) is 68.2 Å². The number of pyridine rings is 1. The average molecular weight is 540 g/mol. The first-order valence-electron chi connectivity index (χ1n) is 12.7. The molecule has 0 saturated heterocycles. The van der Waals surface area contributed by atoms with Crippen molar-refractivity contribution < 1.29 is 18.5 Å². The highest BCUT2D eigenvalue weighted by Gasteiger charge is 2.20. The van der Waals surface area contributed by atoms with Crippen molar-refractivity contribution in [2.45, 2.75) is 40.7 Å². The Hall–Kier alpha value is -3.49. The minimum Gasteiger partial charge on any atom is -0.489 e. The van der Waals surface area contributed by atoms with E-state index in [0.717, 1.165) is 22.3 Å². The third-order valence-electron chi connectivity index (χ3n) is 4.40. The molecule has 38 heavy (non-hydrogen) atoms. The van der Waals surface area contributed by atoms with Crippen molar-refractivity contribution >= 4 is 21.8 Å². The van der Waals surface area contributed by atoms with E-state index < -0.39 is 11.0 Å². The van der Waals surface area contributed by atoms with Crippen molar-refractivity contribution in [2.75, 3.05) is 28.3 Å². The molecular formula is C30H41N3O4S. The van der Waals surface area contributed by atoms with Gasteiger partial charge in [0, 0.05) is 17.8 Å². The maximum Gasteiger partial charge on any atom is 0.257 e. The van der Waals surface area contributed by atoms with Crippen molar-refractivity contribution in [3.8, 4) is 22.8 Å². The number of aromatic nitrogens is 1. The minimum atomic E-state index is -1.50. The molecule has 0 spiro atoms. The van der Waals surface area contributed by atoms with Crippen LogP contribution in [0.3, 0.4) is 0 Å². The van der Waals surface area contributed by atoms with Crippen LogP contribution in [-0.2, 0) is 22.4 Å². The Morgan fingerprint density at radius 1 is 0.947 bits per heavy atom.